The molecule has 0 spiro atoms. The van der Waals surface area contributed by atoms with Crippen molar-refractivity contribution in [2.75, 3.05) is 6.61 Å². The van der Waals surface area contributed by atoms with Gasteiger partial charge in [-0.15, -0.1) is 0 Å². The fourth-order valence-electron chi connectivity index (χ4n) is 3.27. The van der Waals surface area contributed by atoms with Gasteiger partial charge >= 0.3 is 0 Å². The van der Waals surface area contributed by atoms with Gasteiger partial charge in [-0.3, -0.25) is 0 Å². The van der Waals surface area contributed by atoms with E-state index >= 15 is 0 Å². The summed E-state index contributed by atoms with van der Waals surface area (Å²) in [6.07, 6.45) is 19.5. The molecule has 0 aliphatic heterocycles. The third kappa shape index (κ3) is 12.4. The maximum absolute atomic E-state index is 9.43. The smallest absolute Gasteiger partial charge is 0.115 e. The molecule has 0 aromatic heterocycles. The Kier molecular flexibility index (Phi) is 13.6. The number of hydrogen-bond acceptors (Lipinski definition) is 2. The van der Waals surface area contributed by atoms with Crippen molar-refractivity contribution in [1.82, 2.24) is 0 Å². The zero-order valence-corrected chi connectivity index (χ0v) is 15.5. The maximum atomic E-state index is 9.43. The molecule has 1 rings (SSSR count). The molecule has 0 atom stereocenters. The second kappa shape index (κ2) is 15.5. The van der Waals surface area contributed by atoms with Crippen molar-refractivity contribution >= 4 is 0 Å². The molecule has 0 fully saturated rings. The van der Waals surface area contributed by atoms with E-state index in [1.165, 1.54) is 89.0 Å². The molecular formula is C22H38O2. The first-order chi connectivity index (χ1) is 11.8. The number of phenols is 1. The molecule has 0 amide bonds. The molecule has 2 nitrogen and oxygen atoms in total. The van der Waals surface area contributed by atoms with E-state index in [2.05, 4.69) is 6.07 Å². The lowest BCUT2D eigenvalue weighted by molar-refractivity contribution is 0.282. The van der Waals surface area contributed by atoms with Gasteiger partial charge in [0.05, 0.1) is 0 Å². The molecule has 0 aliphatic carbocycles. The van der Waals surface area contributed by atoms with E-state index < -0.39 is 0 Å². The Morgan fingerprint density at radius 3 is 1.50 bits per heavy atom. The summed E-state index contributed by atoms with van der Waals surface area (Å²) in [7, 11) is 0. The molecule has 0 saturated carbocycles. The van der Waals surface area contributed by atoms with Crippen molar-refractivity contribution in [2.45, 2.75) is 96.3 Å². The molecule has 24 heavy (non-hydrogen) atoms. The molecular weight excluding hydrogens is 296 g/mol. The highest BCUT2D eigenvalue weighted by Crippen LogP contribution is 2.16. The highest BCUT2D eigenvalue weighted by molar-refractivity contribution is 5.27. The summed E-state index contributed by atoms with van der Waals surface area (Å²) >= 11 is 0. The van der Waals surface area contributed by atoms with Crippen molar-refractivity contribution in [3.63, 3.8) is 0 Å². The van der Waals surface area contributed by atoms with Crippen LogP contribution in [0.3, 0.4) is 0 Å². The lowest BCUT2D eigenvalue weighted by Crippen LogP contribution is -1.87. The van der Waals surface area contributed by atoms with Crippen LogP contribution in [0, 0.1) is 0 Å². The van der Waals surface area contributed by atoms with E-state index in [0.29, 0.717) is 12.4 Å². The number of aromatic hydroxyl groups is 1. The van der Waals surface area contributed by atoms with Gasteiger partial charge in [0, 0.05) is 6.61 Å². The molecule has 0 bridgehead atoms. The minimum Gasteiger partial charge on any atom is -0.508 e. The number of unbranched alkanes of at least 4 members (excludes halogenated alkanes) is 13. The number of benzene rings is 1. The van der Waals surface area contributed by atoms with E-state index in [-0.39, 0.29) is 0 Å². The summed E-state index contributed by atoms with van der Waals surface area (Å²) in [5, 5.41) is 18.1. The van der Waals surface area contributed by atoms with Crippen molar-refractivity contribution < 1.29 is 10.2 Å². The van der Waals surface area contributed by atoms with Gasteiger partial charge in [0.1, 0.15) is 5.75 Å². The monoisotopic (exact) mass is 334 g/mol. The van der Waals surface area contributed by atoms with E-state index in [4.69, 9.17) is 5.11 Å². The first-order valence-corrected chi connectivity index (χ1v) is 10.2. The van der Waals surface area contributed by atoms with Crippen LogP contribution in [0.1, 0.15) is 95.5 Å². The zero-order valence-electron chi connectivity index (χ0n) is 15.5. The topological polar surface area (TPSA) is 40.5 Å². The van der Waals surface area contributed by atoms with E-state index in [0.717, 1.165) is 12.8 Å². The van der Waals surface area contributed by atoms with Crippen LogP contribution in [0.25, 0.3) is 0 Å². The fourth-order valence-corrected chi connectivity index (χ4v) is 3.27. The van der Waals surface area contributed by atoms with E-state index in [1.54, 1.807) is 6.07 Å². The third-order valence-corrected chi connectivity index (χ3v) is 4.78. The molecule has 1 aromatic rings. The highest BCUT2D eigenvalue weighted by atomic mass is 16.3. The minimum atomic E-state index is 0.357. The third-order valence-electron chi connectivity index (χ3n) is 4.78. The fraction of sp³-hybridized carbons (Fsp3) is 0.727. The van der Waals surface area contributed by atoms with Gasteiger partial charge in [-0.2, -0.15) is 0 Å². The van der Waals surface area contributed by atoms with Crippen LogP contribution in [0.5, 0.6) is 5.75 Å². The standard InChI is InChI=1S/C22H38O2/c23-19-14-12-10-8-6-4-2-1-3-5-7-9-11-13-16-21-17-15-18-22(24)20-21/h15,17-18,20,23-24H,1-14,16,19H2. The predicted molar refractivity (Wildman–Crippen MR) is 104 cm³/mol. The van der Waals surface area contributed by atoms with Gasteiger partial charge in [0.2, 0.25) is 0 Å². The van der Waals surface area contributed by atoms with E-state index in [9.17, 15) is 5.11 Å². The summed E-state index contributed by atoms with van der Waals surface area (Å²) < 4.78 is 0. The first-order valence-electron chi connectivity index (χ1n) is 10.2. The second-order valence-corrected chi connectivity index (χ2v) is 7.09. The van der Waals surface area contributed by atoms with Crippen molar-refractivity contribution in [1.29, 1.82) is 0 Å². The van der Waals surface area contributed by atoms with Gasteiger partial charge in [0.15, 0.2) is 0 Å². The summed E-state index contributed by atoms with van der Waals surface area (Å²) in [4.78, 5) is 0. The summed E-state index contributed by atoms with van der Waals surface area (Å²) in [5.41, 5.74) is 1.26. The predicted octanol–water partition coefficient (Wildman–Crippen LogP) is 6.39. The number of aliphatic hydroxyl groups is 1. The van der Waals surface area contributed by atoms with Crippen LogP contribution in [-0.2, 0) is 6.42 Å². The number of phenolic OH excluding ortho intramolecular Hbond substituents is 1. The summed E-state index contributed by atoms with van der Waals surface area (Å²) in [6.45, 7) is 0.357. The Bertz CT molecular complexity index is 389. The van der Waals surface area contributed by atoms with Gasteiger partial charge in [-0.25, -0.2) is 0 Å². The largest absolute Gasteiger partial charge is 0.508 e. The Labute approximate surface area is 149 Å². The van der Waals surface area contributed by atoms with Gasteiger partial charge in [0.25, 0.3) is 0 Å². The summed E-state index contributed by atoms with van der Waals surface area (Å²) in [6, 6.07) is 7.65. The SMILES string of the molecule is OCCCCCCCCCCCCCCCCc1cccc(O)c1. The lowest BCUT2D eigenvalue weighted by atomic mass is 10.0. The van der Waals surface area contributed by atoms with Crippen LogP contribution >= 0.6 is 0 Å². The quantitative estimate of drug-likeness (QED) is 0.344. The Hall–Kier alpha value is -1.02. The molecule has 2 N–H and O–H groups in total. The molecule has 138 valence electrons. The van der Waals surface area contributed by atoms with Crippen molar-refractivity contribution in [3.8, 4) is 5.75 Å². The molecule has 0 heterocycles. The lowest BCUT2D eigenvalue weighted by Gasteiger charge is -2.04. The molecule has 0 saturated heterocycles. The zero-order chi connectivity index (χ0) is 17.3. The van der Waals surface area contributed by atoms with Crippen LogP contribution in [0.4, 0.5) is 0 Å². The number of hydrogen-bond donors (Lipinski definition) is 2. The number of aryl methyl sites for hydroxylation is 1. The van der Waals surface area contributed by atoms with Crippen molar-refractivity contribution in [3.05, 3.63) is 29.8 Å². The molecule has 0 unspecified atom stereocenters. The van der Waals surface area contributed by atoms with Crippen LogP contribution in [0.15, 0.2) is 24.3 Å². The van der Waals surface area contributed by atoms with Crippen molar-refractivity contribution in [2.24, 2.45) is 0 Å². The van der Waals surface area contributed by atoms with Gasteiger partial charge in [-0.1, -0.05) is 89.2 Å². The Morgan fingerprint density at radius 2 is 1.04 bits per heavy atom. The summed E-state index contributed by atoms with van der Waals surface area (Å²) in [5.74, 6) is 0.387. The second-order valence-electron chi connectivity index (χ2n) is 7.09. The molecule has 1 aromatic carbocycles. The maximum Gasteiger partial charge on any atom is 0.115 e. The average Bonchev–Trinajstić information content (AvgIpc) is 2.58. The van der Waals surface area contributed by atoms with Crippen LogP contribution in [0.2, 0.25) is 0 Å². The minimum absolute atomic E-state index is 0.357. The highest BCUT2D eigenvalue weighted by Gasteiger charge is 1.96. The van der Waals surface area contributed by atoms with Crippen LogP contribution in [-0.4, -0.2) is 16.8 Å². The molecule has 2 heteroatoms. The normalized spacial score (nSPS) is 11.0. The van der Waals surface area contributed by atoms with E-state index in [1.807, 2.05) is 12.1 Å². The molecule has 0 aliphatic rings. The molecule has 0 radical (unpaired) electrons. The van der Waals surface area contributed by atoms with Gasteiger partial charge in [-0.05, 0) is 37.0 Å². The Balaban J connectivity index is 1.76. The first kappa shape index (κ1) is 21.0. The average molecular weight is 335 g/mol. The van der Waals surface area contributed by atoms with Crippen LogP contribution < -0.4 is 0 Å². The Morgan fingerprint density at radius 1 is 0.583 bits per heavy atom. The number of rotatable bonds is 16. The van der Waals surface area contributed by atoms with Gasteiger partial charge < -0.3 is 10.2 Å². The number of aliphatic hydroxyl groups excluding tert-OH is 1.